The van der Waals surface area contributed by atoms with Crippen molar-refractivity contribution < 1.29 is 18.0 Å². The van der Waals surface area contributed by atoms with Gasteiger partial charge in [-0.15, -0.1) is 11.3 Å². The molecule has 1 aliphatic rings. The number of ketones is 1. The van der Waals surface area contributed by atoms with Gasteiger partial charge in [-0.05, 0) is 60.9 Å². The highest BCUT2D eigenvalue weighted by atomic mass is 35.5. The van der Waals surface area contributed by atoms with Crippen molar-refractivity contribution in [3.05, 3.63) is 85.1 Å². The van der Waals surface area contributed by atoms with Gasteiger partial charge in [0.05, 0.1) is 27.4 Å². The van der Waals surface area contributed by atoms with Crippen LogP contribution in [0.25, 0.3) is 26.8 Å². The molecule has 2 aromatic carbocycles. The molecule has 3 heterocycles. The lowest BCUT2D eigenvalue weighted by Gasteiger charge is -2.18. The smallest absolute Gasteiger partial charge is 0.360 e. The van der Waals surface area contributed by atoms with Crippen molar-refractivity contribution in [2.75, 3.05) is 5.75 Å². The Hall–Kier alpha value is -3.08. The number of halogens is 4. The number of carbonyl (C=O) groups excluding carboxylic acids is 1. The highest BCUT2D eigenvalue weighted by Crippen LogP contribution is 2.39. The first kappa shape index (κ1) is 28.1. The van der Waals surface area contributed by atoms with Crippen molar-refractivity contribution in [3.63, 3.8) is 0 Å². The van der Waals surface area contributed by atoms with Crippen LogP contribution in [-0.4, -0.2) is 26.1 Å². The molecule has 0 saturated carbocycles. The van der Waals surface area contributed by atoms with Crippen LogP contribution < -0.4 is 5.56 Å². The maximum Gasteiger partial charge on any atom is 0.417 e. The zero-order valence-corrected chi connectivity index (χ0v) is 24.6. The van der Waals surface area contributed by atoms with Crippen LogP contribution in [0.5, 0.6) is 0 Å². The normalized spacial score (nSPS) is 15.5. The Bertz CT molecular complexity index is 1890. The number of fused-ring (bicyclic) bond motifs is 4. The van der Waals surface area contributed by atoms with Gasteiger partial charge in [0.15, 0.2) is 10.9 Å². The lowest BCUT2D eigenvalue weighted by Crippen LogP contribution is -2.23. The minimum absolute atomic E-state index is 0.000108. The van der Waals surface area contributed by atoms with Gasteiger partial charge in [0.25, 0.3) is 5.56 Å². The highest BCUT2D eigenvalue weighted by molar-refractivity contribution is 7.99. The summed E-state index contributed by atoms with van der Waals surface area (Å²) in [6.07, 6.45) is 0.249. The van der Waals surface area contributed by atoms with Gasteiger partial charge in [0, 0.05) is 27.5 Å². The zero-order chi connectivity index (χ0) is 29.1. The predicted octanol–water partition coefficient (Wildman–Crippen LogP) is 8.26. The summed E-state index contributed by atoms with van der Waals surface area (Å²) < 4.78 is 42.5. The number of Topliss-reactive ketones (excluding diaryl/α,β-unsaturated/α-hetero) is 1. The van der Waals surface area contributed by atoms with Crippen LogP contribution in [0.4, 0.5) is 13.2 Å². The molecule has 0 bridgehead atoms. The largest absolute Gasteiger partial charge is 0.417 e. The maximum atomic E-state index is 14.0. The van der Waals surface area contributed by atoms with E-state index in [-0.39, 0.29) is 22.4 Å². The monoisotopic (exact) mass is 615 g/mol. The molecule has 0 fully saturated rings. The molecule has 41 heavy (non-hydrogen) atoms. The van der Waals surface area contributed by atoms with Gasteiger partial charge < -0.3 is 4.98 Å². The van der Waals surface area contributed by atoms with E-state index in [9.17, 15) is 22.8 Å². The van der Waals surface area contributed by atoms with E-state index in [0.29, 0.717) is 28.1 Å². The van der Waals surface area contributed by atoms with Crippen molar-refractivity contribution in [1.29, 1.82) is 0 Å². The minimum atomic E-state index is -4.71. The van der Waals surface area contributed by atoms with E-state index in [4.69, 9.17) is 16.6 Å². The second-order valence-corrected chi connectivity index (χ2v) is 12.8. The Kier molecular flexibility index (Phi) is 7.28. The number of aromatic nitrogens is 3. The molecule has 3 aromatic heterocycles. The fraction of sp³-hybridized carbons (Fsp3) is 0.300. The standard InChI is InChI=1S/C30H25ClF3N3O2S2/c1-3-16-5-4-6-18-20(13-35-26(16)18)23(38)14-40-29-36-27-25(19-9-7-15(2)11-24(19)41-27)28(39)37(29)17-8-10-22(31)21(12-17)30(32,33)34/h4-6,8,10,12-13,15,35H,3,7,9,11,14H2,1-2H3. The van der Waals surface area contributed by atoms with Crippen molar-refractivity contribution in [1.82, 2.24) is 14.5 Å². The van der Waals surface area contributed by atoms with Crippen molar-refractivity contribution >= 4 is 61.6 Å². The number of alkyl halides is 3. The second-order valence-electron chi connectivity index (χ2n) is 10.3. The quantitative estimate of drug-likeness (QED) is 0.119. The molecular formula is C30H25ClF3N3O2S2. The number of nitrogens with one attached hydrogen (secondary N) is 1. The zero-order valence-electron chi connectivity index (χ0n) is 22.2. The Morgan fingerprint density at radius 1 is 1.27 bits per heavy atom. The SMILES string of the molecule is CCc1cccc2c(C(=O)CSc3nc4sc5c(c4c(=O)n3-c3ccc(Cl)c(C(F)(F)F)c3)CCC(C)C5)c[nH]c12. The number of H-pyrrole nitrogens is 1. The molecule has 0 amide bonds. The van der Waals surface area contributed by atoms with Crippen LogP contribution in [0.3, 0.4) is 0 Å². The van der Waals surface area contributed by atoms with E-state index in [1.807, 2.05) is 25.1 Å². The molecule has 0 spiro atoms. The van der Waals surface area contributed by atoms with Crippen LogP contribution in [0, 0.1) is 5.92 Å². The number of hydrogen-bond acceptors (Lipinski definition) is 5. The van der Waals surface area contributed by atoms with Gasteiger partial charge in [0.2, 0.25) is 0 Å². The van der Waals surface area contributed by atoms with Crippen LogP contribution >= 0.6 is 34.7 Å². The Morgan fingerprint density at radius 2 is 2.07 bits per heavy atom. The molecule has 212 valence electrons. The van der Waals surface area contributed by atoms with Gasteiger partial charge >= 0.3 is 6.18 Å². The van der Waals surface area contributed by atoms with Crippen LogP contribution in [-0.2, 0) is 25.4 Å². The Morgan fingerprint density at radius 3 is 2.83 bits per heavy atom. The number of benzene rings is 2. The van der Waals surface area contributed by atoms with E-state index in [2.05, 4.69) is 11.9 Å². The highest BCUT2D eigenvalue weighted by Gasteiger charge is 2.34. The molecule has 0 saturated heterocycles. The number of thiophene rings is 1. The predicted molar refractivity (Wildman–Crippen MR) is 159 cm³/mol. The van der Waals surface area contributed by atoms with Crippen molar-refractivity contribution in [2.45, 2.75) is 50.9 Å². The number of thioether (sulfide) groups is 1. The van der Waals surface area contributed by atoms with Gasteiger partial charge in [-0.1, -0.05) is 55.4 Å². The number of rotatable bonds is 6. The fourth-order valence-electron chi connectivity index (χ4n) is 5.52. The summed E-state index contributed by atoms with van der Waals surface area (Å²) in [5, 5.41) is 0.954. The van der Waals surface area contributed by atoms with E-state index < -0.39 is 22.3 Å². The van der Waals surface area contributed by atoms with Gasteiger partial charge in [-0.25, -0.2) is 4.98 Å². The van der Waals surface area contributed by atoms with Gasteiger partial charge in [-0.3, -0.25) is 14.2 Å². The number of hydrogen-bond donors (Lipinski definition) is 1. The Labute approximate surface area is 246 Å². The van der Waals surface area contributed by atoms with Crippen LogP contribution in [0.15, 0.2) is 52.5 Å². The van der Waals surface area contributed by atoms with E-state index in [1.165, 1.54) is 22.0 Å². The van der Waals surface area contributed by atoms with Crippen molar-refractivity contribution in [3.8, 4) is 5.69 Å². The molecule has 1 N–H and O–H groups in total. The molecular weight excluding hydrogens is 591 g/mol. The summed E-state index contributed by atoms with van der Waals surface area (Å²) in [5.74, 6) is 0.240. The average Bonchev–Trinajstić information content (AvgIpc) is 3.53. The first-order chi connectivity index (χ1) is 19.6. The van der Waals surface area contributed by atoms with E-state index >= 15 is 0 Å². The molecule has 0 radical (unpaired) electrons. The van der Waals surface area contributed by atoms with Crippen LogP contribution in [0.2, 0.25) is 5.02 Å². The van der Waals surface area contributed by atoms with Crippen LogP contribution in [0.1, 0.15) is 52.2 Å². The summed E-state index contributed by atoms with van der Waals surface area (Å²) in [5.41, 5.74) is 1.96. The molecule has 11 heteroatoms. The van der Waals surface area contributed by atoms with E-state index in [1.54, 1.807) is 6.20 Å². The summed E-state index contributed by atoms with van der Waals surface area (Å²) in [4.78, 5) is 37.0. The summed E-state index contributed by atoms with van der Waals surface area (Å²) in [6, 6.07) is 9.18. The summed E-state index contributed by atoms with van der Waals surface area (Å²) in [7, 11) is 0. The number of para-hydroxylation sites is 1. The second kappa shape index (κ2) is 10.6. The number of carbonyl (C=O) groups is 1. The third-order valence-electron chi connectivity index (χ3n) is 7.63. The molecule has 1 aliphatic carbocycles. The lowest BCUT2D eigenvalue weighted by atomic mass is 9.89. The molecule has 1 unspecified atom stereocenters. The first-order valence-electron chi connectivity index (χ1n) is 13.3. The molecule has 0 aliphatic heterocycles. The van der Waals surface area contributed by atoms with Gasteiger partial charge in [0.1, 0.15) is 4.83 Å². The summed E-state index contributed by atoms with van der Waals surface area (Å²) >= 11 is 8.38. The molecule has 5 aromatic rings. The molecule has 1 atom stereocenters. The lowest BCUT2D eigenvalue weighted by molar-refractivity contribution is -0.137. The number of aromatic amines is 1. The first-order valence-corrected chi connectivity index (χ1v) is 15.4. The summed E-state index contributed by atoms with van der Waals surface area (Å²) in [6.45, 7) is 4.20. The maximum absolute atomic E-state index is 14.0. The van der Waals surface area contributed by atoms with Crippen molar-refractivity contribution in [2.24, 2.45) is 5.92 Å². The number of nitrogens with zero attached hydrogens (tertiary/aromatic N) is 2. The molecule has 5 nitrogen and oxygen atoms in total. The number of aryl methyl sites for hydroxylation is 2. The van der Waals surface area contributed by atoms with Gasteiger partial charge in [-0.2, -0.15) is 13.2 Å². The fourth-order valence-corrected chi connectivity index (χ4v) is 8.06. The minimum Gasteiger partial charge on any atom is -0.360 e. The average molecular weight is 616 g/mol. The topological polar surface area (TPSA) is 67.8 Å². The molecule has 6 rings (SSSR count). The Balaban J connectivity index is 1.46. The van der Waals surface area contributed by atoms with E-state index in [0.717, 1.165) is 70.1 Å². The third-order valence-corrected chi connectivity index (χ3v) is 10.0. The third kappa shape index (κ3) is 5.00.